The predicted octanol–water partition coefficient (Wildman–Crippen LogP) is 4.67. The minimum atomic E-state index is -0.288. The molecule has 2 aromatic heterocycles. The van der Waals surface area contributed by atoms with Gasteiger partial charge in [0.1, 0.15) is 11.3 Å². The molecular formula is C14H13Cl3N4. The molecular weight excluding hydrogens is 331 g/mol. The van der Waals surface area contributed by atoms with E-state index in [2.05, 4.69) is 10.1 Å². The van der Waals surface area contributed by atoms with Gasteiger partial charge in [0.2, 0.25) is 0 Å². The van der Waals surface area contributed by atoms with Gasteiger partial charge in [0, 0.05) is 7.05 Å². The van der Waals surface area contributed by atoms with E-state index in [9.17, 15) is 0 Å². The SMILES string of the molecule is Cc1nn(C)c2c1nc(C(C)Cl)n2-c1c(Cl)cccc1Cl. The lowest BCUT2D eigenvalue weighted by atomic mass is 10.3. The van der Waals surface area contributed by atoms with Gasteiger partial charge < -0.3 is 0 Å². The molecule has 0 saturated heterocycles. The summed E-state index contributed by atoms with van der Waals surface area (Å²) in [4.78, 5) is 4.62. The van der Waals surface area contributed by atoms with Crippen molar-refractivity contribution in [3.63, 3.8) is 0 Å². The zero-order valence-corrected chi connectivity index (χ0v) is 14.0. The summed E-state index contributed by atoms with van der Waals surface area (Å²) in [7, 11) is 1.86. The second kappa shape index (κ2) is 5.20. The molecule has 0 amide bonds. The Balaban J connectivity index is 2.48. The van der Waals surface area contributed by atoms with Gasteiger partial charge in [-0.2, -0.15) is 5.10 Å². The van der Waals surface area contributed by atoms with E-state index in [-0.39, 0.29) is 5.38 Å². The van der Waals surface area contributed by atoms with Crippen LogP contribution < -0.4 is 0 Å². The van der Waals surface area contributed by atoms with Gasteiger partial charge in [-0.25, -0.2) is 9.67 Å². The molecule has 2 heterocycles. The molecule has 4 nitrogen and oxygen atoms in total. The lowest BCUT2D eigenvalue weighted by Gasteiger charge is -2.14. The van der Waals surface area contributed by atoms with Crippen LogP contribution in [0.1, 0.15) is 23.8 Å². The second-order valence-electron chi connectivity index (χ2n) is 4.87. The number of aromatic nitrogens is 4. The van der Waals surface area contributed by atoms with Gasteiger partial charge in [-0.3, -0.25) is 4.57 Å². The van der Waals surface area contributed by atoms with E-state index in [0.29, 0.717) is 21.6 Å². The van der Waals surface area contributed by atoms with Crippen LogP contribution in [0, 0.1) is 6.92 Å². The summed E-state index contributed by atoms with van der Waals surface area (Å²) in [5, 5.41) is 5.19. The van der Waals surface area contributed by atoms with Gasteiger partial charge in [0.15, 0.2) is 5.65 Å². The van der Waals surface area contributed by atoms with E-state index in [1.165, 1.54) is 0 Å². The number of fused-ring (bicyclic) bond motifs is 1. The Morgan fingerprint density at radius 1 is 1.19 bits per heavy atom. The maximum atomic E-state index is 6.35. The number of alkyl halides is 1. The van der Waals surface area contributed by atoms with Crippen molar-refractivity contribution in [2.45, 2.75) is 19.2 Å². The fourth-order valence-corrected chi connectivity index (χ4v) is 3.19. The van der Waals surface area contributed by atoms with Crippen LogP contribution in [0.25, 0.3) is 16.9 Å². The van der Waals surface area contributed by atoms with E-state index in [1.54, 1.807) is 22.9 Å². The smallest absolute Gasteiger partial charge is 0.163 e. The Morgan fingerprint density at radius 3 is 2.38 bits per heavy atom. The van der Waals surface area contributed by atoms with Crippen LogP contribution in [0.4, 0.5) is 0 Å². The molecule has 3 rings (SSSR count). The Labute approximate surface area is 137 Å². The van der Waals surface area contributed by atoms with Gasteiger partial charge in [0.25, 0.3) is 0 Å². The number of aryl methyl sites for hydroxylation is 2. The van der Waals surface area contributed by atoms with E-state index < -0.39 is 0 Å². The standard InChI is InChI=1S/C14H13Cl3N4/c1-7(15)13-18-11-8(2)19-20(3)14(11)21(13)12-9(16)5-4-6-10(12)17/h4-7H,1-3H3. The first-order chi connectivity index (χ1) is 9.91. The minimum Gasteiger partial charge on any atom is -0.277 e. The number of imidazole rings is 1. The predicted molar refractivity (Wildman–Crippen MR) is 86.9 cm³/mol. The van der Waals surface area contributed by atoms with Crippen molar-refractivity contribution in [3.05, 3.63) is 39.8 Å². The van der Waals surface area contributed by atoms with Crippen molar-refractivity contribution < 1.29 is 0 Å². The molecule has 0 aliphatic rings. The summed E-state index contributed by atoms with van der Waals surface area (Å²) in [5.74, 6) is 0.692. The van der Waals surface area contributed by atoms with Gasteiger partial charge in [0.05, 0.1) is 26.8 Å². The molecule has 0 bridgehead atoms. The third-order valence-corrected chi connectivity index (χ3v) is 4.15. The minimum absolute atomic E-state index is 0.288. The number of nitrogens with zero attached hydrogens (tertiary/aromatic N) is 4. The lowest BCUT2D eigenvalue weighted by molar-refractivity contribution is 0.748. The molecule has 7 heteroatoms. The van der Waals surface area contributed by atoms with Crippen LogP contribution in [0.5, 0.6) is 0 Å². The topological polar surface area (TPSA) is 35.6 Å². The first-order valence-electron chi connectivity index (χ1n) is 6.42. The zero-order valence-electron chi connectivity index (χ0n) is 11.7. The highest BCUT2D eigenvalue weighted by molar-refractivity contribution is 6.37. The highest BCUT2D eigenvalue weighted by Gasteiger charge is 2.23. The maximum absolute atomic E-state index is 6.35. The highest BCUT2D eigenvalue weighted by Crippen LogP contribution is 2.35. The summed E-state index contributed by atoms with van der Waals surface area (Å²) in [6, 6.07) is 5.39. The number of benzene rings is 1. The fourth-order valence-electron chi connectivity index (χ4n) is 2.48. The van der Waals surface area contributed by atoms with E-state index >= 15 is 0 Å². The van der Waals surface area contributed by atoms with Gasteiger partial charge in [-0.05, 0) is 26.0 Å². The Kier molecular flexibility index (Phi) is 3.64. The Bertz CT molecular complexity index is 812. The van der Waals surface area contributed by atoms with Crippen molar-refractivity contribution in [2.75, 3.05) is 0 Å². The average molecular weight is 344 g/mol. The molecule has 21 heavy (non-hydrogen) atoms. The molecule has 0 fully saturated rings. The fraction of sp³-hybridized carbons (Fsp3) is 0.286. The molecule has 0 aliphatic heterocycles. The van der Waals surface area contributed by atoms with Gasteiger partial charge in [-0.15, -0.1) is 11.6 Å². The zero-order chi connectivity index (χ0) is 15.3. The summed E-state index contributed by atoms with van der Waals surface area (Å²) in [6.45, 7) is 3.78. The monoisotopic (exact) mass is 342 g/mol. The molecule has 0 spiro atoms. The lowest BCUT2D eigenvalue weighted by Crippen LogP contribution is -2.07. The van der Waals surface area contributed by atoms with E-state index in [1.807, 2.05) is 25.5 Å². The van der Waals surface area contributed by atoms with Crippen LogP contribution in [0.3, 0.4) is 0 Å². The first-order valence-corrected chi connectivity index (χ1v) is 7.61. The molecule has 1 unspecified atom stereocenters. The van der Waals surface area contributed by atoms with Crippen LogP contribution in [-0.4, -0.2) is 19.3 Å². The third kappa shape index (κ3) is 2.22. The van der Waals surface area contributed by atoms with Crippen LogP contribution in [0.2, 0.25) is 10.0 Å². The molecule has 1 aromatic carbocycles. The Hall–Kier alpha value is -1.23. The maximum Gasteiger partial charge on any atom is 0.163 e. The molecule has 0 N–H and O–H groups in total. The highest BCUT2D eigenvalue weighted by atomic mass is 35.5. The van der Waals surface area contributed by atoms with Crippen molar-refractivity contribution in [3.8, 4) is 5.69 Å². The normalized spacial score (nSPS) is 13.0. The van der Waals surface area contributed by atoms with Crippen molar-refractivity contribution in [1.29, 1.82) is 0 Å². The number of para-hydroxylation sites is 1. The van der Waals surface area contributed by atoms with E-state index in [0.717, 1.165) is 16.9 Å². The number of halogens is 3. The van der Waals surface area contributed by atoms with E-state index in [4.69, 9.17) is 34.8 Å². The van der Waals surface area contributed by atoms with Crippen LogP contribution in [-0.2, 0) is 7.05 Å². The molecule has 3 aromatic rings. The largest absolute Gasteiger partial charge is 0.277 e. The first kappa shape index (κ1) is 14.7. The van der Waals surface area contributed by atoms with Crippen LogP contribution >= 0.6 is 34.8 Å². The number of hydrogen-bond acceptors (Lipinski definition) is 2. The van der Waals surface area contributed by atoms with Crippen molar-refractivity contribution in [1.82, 2.24) is 19.3 Å². The average Bonchev–Trinajstić information content (AvgIpc) is 2.90. The third-order valence-electron chi connectivity index (χ3n) is 3.35. The number of rotatable bonds is 2. The summed E-state index contributed by atoms with van der Waals surface area (Å²) >= 11 is 19.0. The Morgan fingerprint density at radius 2 is 1.81 bits per heavy atom. The van der Waals surface area contributed by atoms with Gasteiger partial charge in [-0.1, -0.05) is 29.3 Å². The molecule has 110 valence electrons. The number of hydrogen-bond donors (Lipinski definition) is 0. The molecule has 0 aliphatic carbocycles. The second-order valence-corrected chi connectivity index (χ2v) is 6.34. The van der Waals surface area contributed by atoms with Gasteiger partial charge >= 0.3 is 0 Å². The summed E-state index contributed by atoms with van der Waals surface area (Å²) < 4.78 is 3.65. The molecule has 1 atom stereocenters. The summed E-state index contributed by atoms with van der Waals surface area (Å²) in [6.07, 6.45) is 0. The van der Waals surface area contributed by atoms with Crippen molar-refractivity contribution >= 4 is 46.0 Å². The molecule has 0 radical (unpaired) electrons. The quantitative estimate of drug-likeness (QED) is 0.634. The molecule has 0 saturated carbocycles. The van der Waals surface area contributed by atoms with Crippen molar-refractivity contribution in [2.24, 2.45) is 7.05 Å². The van der Waals surface area contributed by atoms with Crippen LogP contribution in [0.15, 0.2) is 18.2 Å². The summed E-state index contributed by atoms with van der Waals surface area (Å²) in [5.41, 5.74) is 3.14.